The minimum absolute atomic E-state index is 0.0393. The molecule has 0 fully saturated rings. The third-order valence-corrected chi connectivity index (χ3v) is 3.33. The molecule has 4 nitrogen and oxygen atoms in total. The van der Waals surface area contributed by atoms with Crippen LogP contribution in [0.2, 0.25) is 0 Å². The van der Waals surface area contributed by atoms with Crippen LogP contribution in [0.25, 0.3) is 0 Å². The van der Waals surface area contributed by atoms with Gasteiger partial charge < -0.3 is 10.6 Å². The Morgan fingerprint density at radius 1 is 1.56 bits per heavy atom. The van der Waals surface area contributed by atoms with Crippen molar-refractivity contribution in [2.45, 2.75) is 38.6 Å². The molecule has 1 aliphatic carbocycles. The topological polar surface area (TPSA) is 58.7 Å². The van der Waals surface area contributed by atoms with Gasteiger partial charge in [-0.25, -0.2) is 4.79 Å². The minimum atomic E-state index is -0.154. The molecule has 4 heteroatoms. The fraction of sp³-hybridized carbons (Fsp3) is 0.667. The van der Waals surface area contributed by atoms with Crippen molar-refractivity contribution < 1.29 is 4.79 Å². The summed E-state index contributed by atoms with van der Waals surface area (Å²) >= 11 is 0. The average molecular weight is 221 g/mol. The molecule has 2 aliphatic rings. The van der Waals surface area contributed by atoms with E-state index in [-0.39, 0.29) is 12.1 Å². The molecule has 0 aromatic rings. The first-order chi connectivity index (χ1) is 7.74. The second-order valence-corrected chi connectivity index (χ2v) is 4.50. The zero-order valence-corrected chi connectivity index (χ0v) is 9.72. The van der Waals surface area contributed by atoms with Crippen LogP contribution >= 0.6 is 0 Å². The highest BCUT2D eigenvalue weighted by molar-refractivity contribution is 6.03. The van der Waals surface area contributed by atoms with Gasteiger partial charge in [-0.1, -0.05) is 19.1 Å². The SMILES string of the molecule is CCCN1C(=O)N=C(N)C1C1CC=CCC1. The molecule has 16 heavy (non-hydrogen) atoms. The molecule has 1 heterocycles. The van der Waals surface area contributed by atoms with E-state index in [9.17, 15) is 4.79 Å². The van der Waals surface area contributed by atoms with Crippen molar-refractivity contribution in [3.8, 4) is 0 Å². The van der Waals surface area contributed by atoms with Gasteiger partial charge in [-0.15, -0.1) is 0 Å². The summed E-state index contributed by atoms with van der Waals surface area (Å²) in [4.78, 5) is 17.4. The second-order valence-electron chi connectivity index (χ2n) is 4.50. The van der Waals surface area contributed by atoms with Gasteiger partial charge in [0, 0.05) is 6.54 Å². The molecule has 0 aromatic carbocycles. The van der Waals surface area contributed by atoms with Gasteiger partial charge in [-0.3, -0.25) is 0 Å². The van der Waals surface area contributed by atoms with Crippen molar-refractivity contribution in [1.29, 1.82) is 0 Å². The molecule has 0 bridgehead atoms. The fourth-order valence-electron chi connectivity index (χ4n) is 2.59. The van der Waals surface area contributed by atoms with Gasteiger partial charge in [0.2, 0.25) is 0 Å². The van der Waals surface area contributed by atoms with Crippen LogP contribution in [0, 0.1) is 5.92 Å². The first-order valence-electron chi connectivity index (χ1n) is 6.03. The molecular formula is C12H19N3O. The normalized spacial score (nSPS) is 29.7. The van der Waals surface area contributed by atoms with Crippen molar-refractivity contribution in [3.05, 3.63) is 12.2 Å². The molecule has 2 rings (SSSR count). The summed E-state index contributed by atoms with van der Waals surface area (Å²) in [7, 11) is 0. The van der Waals surface area contributed by atoms with Crippen LogP contribution in [-0.2, 0) is 0 Å². The van der Waals surface area contributed by atoms with E-state index in [2.05, 4.69) is 24.1 Å². The number of aliphatic imine (C=N–C) groups is 1. The third kappa shape index (κ3) is 1.96. The Morgan fingerprint density at radius 3 is 3.00 bits per heavy atom. The van der Waals surface area contributed by atoms with Gasteiger partial charge >= 0.3 is 6.03 Å². The highest BCUT2D eigenvalue weighted by Gasteiger charge is 2.37. The smallest absolute Gasteiger partial charge is 0.345 e. The van der Waals surface area contributed by atoms with E-state index in [0.717, 1.165) is 32.2 Å². The lowest BCUT2D eigenvalue weighted by atomic mass is 9.86. The molecule has 2 N–H and O–H groups in total. The quantitative estimate of drug-likeness (QED) is 0.740. The van der Waals surface area contributed by atoms with E-state index in [1.807, 2.05) is 4.90 Å². The Labute approximate surface area is 96.2 Å². The van der Waals surface area contributed by atoms with Crippen molar-refractivity contribution in [2.24, 2.45) is 16.6 Å². The molecule has 1 aliphatic heterocycles. The maximum atomic E-state index is 11.7. The minimum Gasteiger partial charge on any atom is -0.385 e. The van der Waals surface area contributed by atoms with Crippen molar-refractivity contribution in [1.82, 2.24) is 4.90 Å². The highest BCUT2D eigenvalue weighted by Crippen LogP contribution is 2.28. The van der Waals surface area contributed by atoms with Gasteiger partial charge in [0.1, 0.15) is 5.84 Å². The summed E-state index contributed by atoms with van der Waals surface area (Å²) in [6.07, 6.45) is 8.54. The summed E-state index contributed by atoms with van der Waals surface area (Å²) in [6.45, 7) is 2.83. The van der Waals surface area contributed by atoms with E-state index in [1.54, 1.807) is 0 Å². The van der Waals surface area contributed by atoms with Crippen LogP contribution in [0.3, 0.4) is 0 Å². The third-order valence-electron chi connectivity index (χ3n) is 3.33. The molecule has 2 atom stereocenters. The van der Waals surface area contributed by atoms with Gasteiger partial charge in [0.05, 0.1) is 6.04 Å². The molecule has 2 unspecified atom stereocenters. The predicted molar refractivity (Wildman–Crippen MR) is 64.3 cm³/mol. The van der Waals surface area contributed by atoms with Crippen LogP contribution in [0.5, 0.6) is 0 Å². The molecular weight excluding hydrogens is 202 g/mol. The van der Waals surface area contributed by atoms with Crippen molar-refractivity contribution in [3.63, 3.8) is 0 Å². The number of amides is 2. The number of hydrogen-bond donors (Lipinski definition) is 1. The fourth-order valence-corrected chi connectivity index (χ4v) is 2.59. The standard InChI is InChI=1S/C12H19N3O/c1-2-8-15-10(11(13)14-12(15)16)9-6-4-3-5-7-9/h3-4,9-10H,2,5-8H2,1H3,(H2,13,14,16). The Balaban J connectivity index is 2.13. The first-order valence-corrected chi connectivity index (χ1v) is 6.03. The van der Waals surface area contributed by atoms with Crippen molar-refractivity contribution in [2.75, 3.05) is 6.54 Å². The van der Waals surface area contributed by atoms with Crippen LogP contribution in [0.15, 0.2) is 17.1 Å². The molecule has 0 spiro atoms. The summed E-state index contributed by atoms with van der Waals surface area (Å²) in [6, 6.07) is -0.115. The Kier molecular flexibility index (Phi) is 3.27. The lowest BCUT2D eigenvalue weighted by molar-refractivity contribution is 0.186. The zero-order chi connectivity index (χ0) is 11.5. The van der Waals surface area contributed by atoms with Gasteiger partial charge in [0.15, 0.2) is 0 Å². The molecule has 0 saturated carbocycles. The number of hydrogen-bond acceptors (Lipinski definition) is 2. The number of carbonyl (C=O) groups is 1. The Morgan fingerprint density at radius 2 is 2.38 bits per heavy atom. The number of carbonyl (C=O) groups excluding carboxylic acids is 1. The molecule has 88 valence electrons. The monoisotopic (exact) mass is 221 g/mol. The first kappa shape index (κ1) is 11.2. The predicted octanol–water partition coefficient (Wildman–Crippen LogP) is 1.91. The number of urea groups is 1. The van der Waals surface area contributed by atoms with Crippen LogP contribution in [-0.4, -0.2) is 29.4 Å². The summed E-state index contributed by atoms with van der Waals surface area (Å²) in [5.41, 5.74) is 5.88. The molecule has 2 amide bonds. The van der Waals surface area contributed by atoms with Gasteiger partial charge in [-0.05, 0) is 31.6 Å². The lowest BCUT2D eigenvalue weighted by Crippen LogP contribution is -2.46. The number of nitrogens with two attached hydrogens (primary N) is 1. The number of allylic oxidation sites excluding steroid dienone is 2. The molecule has 0 saturated heterocycles. The summed E-state index contributed by atoms with van der Waals surface area (Å²) < 4.78 is 0. The highest BCUT2D eigenvalue weighted by atomic mass is 16.2. The molecule has 0 radical (unpaired) electrons. The number of amidine groups is 1. The van der Waals surface area contributed by atoms with E-state index in [0.29, 0.717) is 11.8 Å². The largest absolute Gasteiger partial charge is 0.385 e. The number of nitrogens with zero attached hydrogens (tertiary/aromatic N) is 2. The van der Waals surface area contributed by atoms with Gasteiger partial charge in [-0.2, -0.15) is 4.99 Å². The van der Waals surface area contributed by atoms with Crippen LogP contribution in [0.1, 0.15) is 32.6 Å². The Bertz CT molecular complexity index is 335. The molecule has 0 aromatic heterocycles. The average Bonchev–Trinajstić information content (AvgIpc) is 2.56. The van der Waals surface area contributed by atoms with Crippen LogP contribution < -0.4 is 5.73 Å². The summed E-state index contributed by atoms with van der Waals surface area (Å²) in [5.74, 6) is 0.963. The van der Waals surface area contributed by atoms with E-state index in [1.165, 1.54) is 0 Å². The zero-order valence-electron chi connectivity index (χ0n) is 9.72. The maximum absolute atomic E-state index is 11.7. The maximum Gasteiger partial charge on any atom is 0.345 e. The van der Waals surface area contributed by atoms with E-state index < -0.39 is 0 Å². The number of rotatable bonds is 3. The van der Waals surface area contributed by atoms with Crippen molar-refractivity contribution >= 4 is 11.9 Å². The van der Waals surface area contributed by atoms with E-state index >= 15 is 0 Å². The lowest BCUT2D eigenvalue weighted by Gasteiger charge is -2.31. The second kappa shape index (κ2) is 4.68. The van der Waals surface area contributed by atoms with E-state index in [4.69, 9.17) is 5.73 Å². The van der Waals surface area contributed by atoms with Gasteiger partial charge in [0.25, 0.3) is 0 Å². The van der Waals surface area contributed by atoms with Crippen LogP contribution in [0.4, 0.5) is 4.79 Å². The Hall–Kier alpha value is -1.32. The summed E-state index contributed by atoms with van der Waals surface area (Å²) in [5, 5.41) is 0.